The van der Waals surface area contributed by atoms with Crippen LogP contribution in [0, 0.1) is 0 Å². The van der Waals surface area contributed by atoms with E-state index in [0.29, 0.717) is 10.8 Å². The Kier molecular flexibility index (Phi) is 2.99. The predicted octanol–water partition coefficient (Wildman–Crippen LogP) is 2.97. The second-order valence-corrected chi connectivity index (χ2v) is 3.40. The highest BCUT2D eigenvalue weighted by atomic mass is 35.5. The van der Waals surface area contributed by atoms with Gasteiger partial charge in [0, 0.05) is 5.02 Å². The van der Waals surface area contributed by atoms with E-state index in [1.54, 1.807) is 24.3 Å². The van der Waals surface area contributed by atoms with Crippen molar-refractivity contribution in [2.75, 3.05) is 0 Å². The van der Waals surface area contributed by atoms with Crippen LogP contribution in [-0.4, -0.2) is 15.2 Å². The number of halogens is 2. The van der Waals surface area contributed by atoms with Gasteiger partial charge < -0.3 is 4.74 Å². The molecule has 0 saturated heterocycles. The summed E-state index contributed by atoms with van der Waals surface area (Å²) in [4.78, 5) is 3.82. The summed E-state index contributed by atoms with van der Waals surface area (Å²) in [6, 6.07) is 6.94. The fraction of sp³-hybridized carbons (Fsp3) is 0. The molecule has 0 radical (unpaired) electrons. The van der Waals surface area contributed by atoms with Crippen LogP contribution < -0.4 is 4.74 Å². The molecule has 1 heterocycles. The minimum absolute atomic E-state index is 0.0366. The zero-order chi connectivity index (χ0) is 10.7. The Bertz CT molecular complexity index is 435. The summed E-state index contributed by atoms with van der Waals surface area (Å²) in [5, 5.41) is 7.72. The molecule has 76 valence electrons. The smallest absolute Gasteiger partial charge is 0.246 e. The van der Waals surface area contributed by atoms with Crippen molar-refractivity contribution in [1.29, 1.82) is 0 Å². The van der Waals surface area contributed by atoms with Crippen molar-refractivity contribution in [2.24, 2.45) is 0 Å². The summed E-state index contributed by atoms with van der Waals surface area (Å²) >= 11 is 11.3. The summed E-state index contributed by atoms with van der Waals surface area (Å²) in [5.74, 6) is 0.844. The van der Waals surface area contributed by atoms with Crippen molar-refractivity contribution in [3.63, 3.8) is 0 Å². The number of hydrogen-bond donors (Lipinski definition) is 0. The third-order valence-corrected chi connectivity index (χ3v) is 1.92. The van der Waals surface area contributed by atoms with Gasteiger partial charge in [-0.15, -0.1) is 5.10 Å². The van der Waals surface area contributed by atoms with Crippen molar-refractivity contribution in [3.8, 4) is 11.6 Å². The molecule has 0 aliphatic carbocycles. The highest BCUT2D eigenvalue weighted by Gasteiger charge is 2.01. The van der Waals surface area contributed by atoms with E-state index in [1.165, 1.54) is 6.20 Å². The summed E-state index contributed by atoms with van der Waals surface area (Å²) < 4.78 is 5.36. The molecule has 6 heteroatoms. The number of aromatic nitrogens is 3. The first-order valence-corrected chi connectivity index (χ1v) is 4.78. The van der Waals surface area contributed by atoms with Gasteiger partial charge in [-0.2, -0.15) is 10.1 Å². The third-order valence-electron chi connectivity index (χ3n) is 1.53. The van der Waals surface area contributed by atoms with Gasteiger partial charge in [-0.25, -0.2) is 0 Å². The van der Waals surface area contributed by atoms with Gasteiger partial charge in [-0.05, 0) is 29.8 Å². The SMILES string of the molecule is Clc1cccc(Oc2cnnc(Cl)n2)c1. The number of ether oxygens (including phenoxy) is 1. The second kappa shape index (κ2) is 4.42. The van der Waals surface area contributed by atoms with Gasteiger partial charge in [-0.3, -0.25) is 0 Å². The van der Waals surface area contributed by atoms with Crippen LogP contribution in [0.3, 0.4) is 0 Å². The molecule has 0 aliphatic heterocycles. The lowest BCUT2D eigenvalue weighted by molar-refractivity contribution is 0.457. The van der Waals surface area contributed by atoms with E-state index in [-0.39, 0.29) is 11.2 Å². The average Bonchev–Trinajstić information content (AvgIpc) is 2.17. The van der Waals surface area contributed by atoms with Crippen molar-refractivity contribution in [1.82, 2.24) is 15.2 Å². The summed E-state index contributed by atoms with van der Waals surface area (Å²) in [6.07, 6.45) is 1.37. The molecule has 0 N–H and O–H groups in total. The van der Waals surface area contributed by atoms with Gasteiger partial charge in [0.2, 0.25) is 11.2 Å². The predicted molar refractivity (Wildman–Crippen MR) is 56.4 cm³/mol. The van der Waals surface area contributed by atoms with E-state index >= 15 is 0 Å². The fourth-order valence-electron chi connectivity index (χ4n) is 0.968. The van der Waals surface area contributed by atoms with E-state index in [1.807, 2.05) is 0 Å². The minimum Gasteiger partial charge on any atom is -0.437 e. The monoisotopic (exact) mass is 241 g/mol. The Morgan fingerprint density at radius 2 is 2.07 bits per heavy atom. The molecule has 0 saturated carbocycles. The molecule has 4 nitrogen and oxygen atoms in total. The van der Waals surface area contributed by atoms with Crippen LogP contribution in [0.5, 0.6) is 11.6 Å². The lowest BCUT2D eigenvalue weighted by Gasteiger charge is -2.03. The van der Waals surface area contributed by atoms with Crippen molar-refractivity contribution < 1.29 is 4.74 Å². The summed E-state index contributed by atoms with van der Waals surface area (Å²) in [7, 11) is 0. The molecule has 0 atom stereocenters. The number of rotatable bonds is 2. The standard InChI is InChI=1S/C9H5Cl2N3O/c10-6-2-1-3-7(4-6)15-8-5-12-14-9(11)13-8/h1-5H. The lowest BCUT2D eigenvalue weighted by atomic mass is 10.3. The highest BCUT2D eigenvalue weighted by Crippen LogP contribution is 2.22. The molecular formula is C9H5Cl2N3O. The zero-order valence-corrected chi connectivity index (χ0v) is 8.90. The maximum atomic E-state index is 5.79. The Morgan fingerprint density at radius 1 is 1.20 bits per heavy atom. The quantitative estimate of drug-likeness (QED) is 0.812. The molecule has 0 aliphatic rings. The van der Waals surface area contributed by atoms with Crippen LogP contribution >= 0.6 is 23.2 Å². The average molecular weight is 242 g/mol. The topological polar surface area (TPSA) is 47.9 Å². The van der Waals surface area contributed by atoms with Crippen molar-refractivity contribution in [3.05, 3.63) is 40.8 Å². The van der Waals surface area contributed by atoms with Gasteiger partial charge in [0.05, 0.1) is 0 Å². The Hall–Kier alpha value is -1.39. The Morgan fingerprint density at radius 3 is 2.80 bits per heavy atom. The molecule has 2 rings (SSSR count). The van der Waals surface area contributed by atoms with E-state index in [9.17, 15) is 0 Å². The maximum Gasteiger partial charge on any atom is 0.246 e. The van der Waals surface area contributed by atoms with Crippen LogP contribution in [0.1, 0.15) is 0 Å². The van der Waals surface area contributed by atoms with Crippen LogP contribution in [0.4, 0.5) is 0 Å². The molecule has 1 aromatic heterocycles. The second-order valence-electron chi connectivity index (χ2n) is 2.62. The van der Waals surface area contributed by atoms with Crippen LogP contribution in [-0.2, 0) is 0 Å². The van der Waals surface area contributed by atoms with Crippen LogP contribution in [0.25, 0.3) is 0 Å². The number of hydrogen-bond acceptors (Lipinski definition) is 4. The Balaban J connectivity index is 2.22. The first kappa shape index (κ1) is 10.1. The highest BCUT2D eigenvalue weighted by molar-refractivity contribution is 6.30. The molecule has 0 bridgehead atoms. The fourth-order valence-corrected chi connectivity index (χ4v) is 1.28. The van der Waals surface area contributed by atoms with E-state index in [2.05, 4.69) is 15.2 Å². The number of benzene rings is 1. The van der Waals surface area contributed by atoms with Gasteiger partial charge in [-0.1, -0.05) is 17.7 Å². The van der Waals surface area contributed by atoms with E-state index in [4.69, 9.17) is 27.9 Å². The van der Waals surface area contributed by atoms with Gasteiger partial charge in [0.1, 0.15) is 11.9 Å². The van der Waals surface area contributed by atoms with E-state index in [0.717, 1.165) is 0 Å². The minimum atomic E-state index is 0.0366. The van der Waals surface area contributed by atoms with E-state index < -0.39 is 0 Å². The molecule has 0 amide bonds. The summed E-state index contributed by atoms with van der Waals surface area (Å²) in [5.41, 5.74) is 0. The number of nitrogens with zero attached hydrogens (tertiary/aromatic N) is 3. The summed E-state index contributed by atoms with van der Waals surface area (Å²) in [6.45, 7) is 0. The van der Waals surface area contributed by atoms with Crippen molar-refractivity contribution in [2.45, 2.75) is 0 Å². The van der Waals surface area contributed by atoms with Gasteiger partial charge in [0.25, 0.3) is 0 Å². The molecule has 1 aromatic carbocycles. The normalized spacial score (nSPS) is 10.0. The molecule has 15 heavy (non-hydrogen) atoms. The van der Waals surface area contributed by atoms with Crippen molar-refractivity contribution >= 4 is 23.2 Å². The zero-order valence-electron chi connectivity index (χ0n) is 7.39. The molecule has 0 spiro atoms. The molecule has 0 fully saturated rings. The van der Waals surface area contributed by atoms with Crippen LogP contribution in [0.2, 0.25) is 10.3 Å². The van der Waals surface area contributed by atoms with Gasteiger partial charge >= 0.3 is 0 Å². The van der Waals surface area contributed by atoms with Crippen LogP contribution in [0.15, 0.2) is 30.5 Å². The Labute approximate surface area is 95.8 Å². The molecular weight excluding hydrogens is 237 g/mol. The van der Waals surface area contributed by atoms with Gasteiger partial charge in [0.15, 0.2) is 0 Å². The first-order valence-electron chi connectivity index (χ1n) is 4.03. The lowest BCUT2D eigenvalue weighted by Crippen LogP contribution is -1.92. The first-order chi connectivity index (χ1) is 7.24. The maximum absolute atomic E-state index is 5.79. The largest absolute Gasteiger partial charge is 0.437 e. The molecule has 2 aromatic rings. The molecule has 0 unspecified atom stereocenters. The third kappa shape index (κ3) is 2.78.